The van der Waals surface area contributed by atoms with Gasteiger partial charge in [-0.05, 0) is 43.2 Å². The molecule has 3 rings (SSSR count). The number of carbonyl (C=O) groups excluding carboxylic acids is 2. The van der Waals surface area contributed by atoms with Crippen LogP contribution in [0.25, 0.3) is 5.69 Å². The molecule has 0 aliphatic rings. The van der Waals surface area contributed by atoms with Gasteiger partial charge < -0.3 is 15.4 Å². The standard InChI is InChI=1S/C24H28N4O4/c1-17-23(24(31)28(27(17)2)19-10-5-4-6-11-19)26-22(30)14-8-13-21(29)25-16-18-9-7-12-20(15-18)32-3/h4-7,9-12,15H,8,13-14,16H2,1-3H3,(H,25,29)(H,26,30). The molecule has 168 valence electrons. The number of carbonyl (C=O) groups is 2. The van der Waals surface area contributed by atoms with Gasteiger partial charge >= 0.3 is 0 Å². The third-order valence-electron chi connectivity index (χ3n) is 5.25. The summed E-state index contributed by atoms with van der Waals surface area (Å²) < 4.78 is 8.39. The number of hydrogen-bond acceptors (Lipinski definition) is 4. The van der Waals surface area contributed by atoms with Crippen LogP contribution in [0.5, 0.6) is 5.75 Å². The number of benzene rings is 2. The Kier molecular flexibility index (Phi) is 7.49. The predicted molar refractivity (Wildman–Crippen MR) is 123 cm³/mol. The molecule has 32 heavy (non-hydrogen) atoms. The van der Waals surface area contributed by atoms with Gasteiger partial charge in [0, 0.05) is 26.4 Å². The molecule has 2 aromatic carbocycles. The van der Waals surface area contributed by atoms with Gasteiger partial charge in [-0.1, -0.05) is 30.3 Å². The summed E-state index contributed by atoms with van der Waals surface area (Å²) in [6.07, 6.45) is 0.750. The maximum absolute atomic E-state index is 12.8. The van der Waals surface area contributed by atoms with E-state index in [9.17, 15) is 14.4 Å². The molecule has 0 atom stereocenters. The molecule has 0 fully saturated rings. The minimum atomic E-state index is -0.295. The number of ether oxygens (including phenoxy) is 1. The molecule has 1 heterocycles. The number of nitrogens with one attached hydrogen (secondary N) is 2. The molecule has 0 aliphatic heterocycles. The fourth-order valence-corrected chi connectivity index (χ4v) is 3.40. The van der Waals surface area contributed by atoms with Gasteiger partial charge in [-0.25, -0.2) is 4.68 Å². The van der Waals surface area contributed by atoms with E-state index in [2.05, 4.69) is 10.6 Å². The highest BCUT2D eigenvalue weighted by atomic mass is 16.5. The highest BCUT2D eigenvalue weighted by molar-refractivity contribution is 5.91. The molecule has 0 spiro atoms. The van der Waals surface area contributed by atoms with E-state index in [0.717, 1.165) is 17.0 Å². The zero-order valence-corrected chi connectivity index (χ0v) is 18.6. The number of anilines is 1. The van der Waals surface area contributed by atoms with E-state index in [1.807, 2.05) is 54.6 Å². The van der Waals surface area contributed by atoms with Crippen LogP contribution < -0.4 is 20.9 Å². The number of nitrogens with zero attached hydrogens (tertiary/aromatic N) is 2. The number of hydrogen-bond donors (Lipinski definition) is 2. The molecule has 8 heteroatoms. The van der Waals surface area contributed by atoms with Gasteiger partial charge in [-0.2, -0.15) is 0 Å². The lowest BCUT2D eigenvalue weighted by Gasteiger charge is -2.07. The number of amides is 2. The first-order valence-electron chi connectivity index (χ1n) is 10.4. The Hall–Kier alpha value is -3.81. The zero-order valence-electron chi connectivity index (χ0n) is 18.6. The number of para-hydroxylation sites is 1. The van der Waals surface area contributed by atoms with Crippen molar-refractivity contribution < 1.29 is 14.3 Å². The van der Waals surface area contributed by atoms with Crippen LogP contribution in [-0.2, 0) is 23.2 Å². The number of aromatic nitrogens is 2. The quantitative estimate of drug-likeness (QED) is 0.539. The molecule has 2 amide bonds. The van der Waals surface area contributed by atoms with Crippen LogP contribution in [0.3, 0.4) is 0 Å². The van der Waals surface area contributed by atoms with Crippen LogP contribution >= 0.6 is 0 Å². The summed E-state index contributed by atoms with van der Waals surface area (Å²) in [7, 11) is 3.36. The first-order valence-corrected chi connectivity index (χ1v) is 10.4. The summed E-state index contributed by atoms with van der Waals surface area (Å²) in [6.45, 7) is 2.17. The highest BCUT2D eigenvalue weighted by Crippen LogP contribution is 2.15. The average Bonchev–Trinajstić information content (AvgIpc) is 3.01. The summed E-state index contributed by atoms with van der Waals surface area (Å²) >= 11 is 0. The summed E-state index contributed by atoms with van der Waals surface area (Å²) in [5.74, 6) is 0.301. The van der Waals surface area contributed by atoms with Crippen molar-refractivity contribution in [3.05, 3.63) is 76.2 Å². The normalized spacial score (nSPS) is 10.6. The Morgan fingerprint density at radius 2 is 1.72 bits per heavy atom. The molecule has 8 nitrogen and oxygen atoms in total. The third-order valence-corrected chi connectivity index (χ3v) is 5.25. The highest BCUT2D eigenvalue weighted by Gasteiger charge is 2.18. The van der Waals surface area contributed by atoms with E-state index in [0.29, 0.717) is 18.7 Å². The van der Waals surface area contributed by atoms with Crippen molar-refractivity contribution in [3.8, 4) is 11.4 Å². The van der Waals surface area contributed by atoms with Crippen LogP contribution in [0.2, 0.25) is 0 Å². The van der Waals surface area contributed by atoms with Crippen molar-refractivity contribution in [2.75, 3.05) is 12.4 Å². The van der Waals surface area contributed by atoms with Crippen LogP contribution in [-0.4, -0.2) is 28.3 Å². The smallest absolute Gasteiger partial charge is 0.295 e. The van der Waals surface area contributed by atoms with Crippen molar-refractivity contribution >= 4 is 17.5 Å². The topological polar surface area (TPSA) is 94.4 Å². The molecule has 1 aromatic heterocycles. The molecule has 0 aliphatic carbocycles. The predicted octanol–water partition coefficient (Wildman–Crippen LogP) is 2.92. The summed E-state index contributed by atoms with van der Waals surface area (Å²) in [5.41, 5.74) is 2.27. The minimum Gasteiger partial charge on any atom is -0.497 e. The SMILES string of the molecule is COc1cccc(CNC(=O)CCCC(=O)Nc2c(C)n(C)n(-c3ccccc3)c2=O)c1. The fraction of sp³-hybridized carbons (Fsp3) is 0.292. The van der Waals surface area contributed by atoms with Crippen molar-refractivity contribution in [3.63, 3.8) is 0 Å². The van der Waals surface area contributed by atoms with E-state index < -0.39 is 0 Å². The summed E-state index contributed by atoms with van der Waals surface area (Å²) in [6, 6.07) is 16.7. The maximum atomic E-state index is 12.8. The monoisotopic (exact) mass is 436 g/mol. The Labute approximate surface area is 186 Å². The first-order chi connectivity index (χ1) is 15.4. The summed E-state index contributed by atoms with van der Waals surface area (Å²) in [5, 5.41) is 5.55. The Morgan fingerprint density at radius 3 is 2.44 bits per heavy atom. The number of methoxy groups -OCH3 is 1. The molecule has 0 bridgehead atoms. The van der Waals surface area contributed by atoms with E-state index in [4.69, 9.17) is 4.74 Å². The van der Waals surface area contributed by atoms with Crippen LogP contribution in [0, 0.1) is 6.92 Å². The molecular formula is C24H28N4O4. The van der Waals surface area contributed by atoms with Crippen molar-refractivity contribution in [2.24, 2.45) is 7.05 Å². The lowest BCUT2D eigenvalue weighted by molar-refractivity contribution is -0.121. The Balaban J connectivity index is 1.51. The molecule has 0 unspecified atom stereocenters. The van der Waals surface area contributed by atoms with E-state index in [1.54, 1.807) is 25.8 Å². The van der Waals surface area contributed by atoms with E-state index in [-0.39, 0.29) is 35.9 Å². The van der Waals surface area contributed by atoms with Gasteiger partial charge in [-0.3, -0.25) is 19.1 Å². The van der Waals surface area contributed by atoms with Crippen molar-refractivity contribution in [1.29, 1.82) is 0 Å². The molecular weight excluding hydrogens is 408 g/mol. The second-order valence-electron chi connectivity index (χ2n) is 7.47. The van der Waals surface area contributed by atoms with Crippen LogP contribution in [0.1, 0.15) is 30.5 Å². The average molecular weight is 437 g/mol. The van der Waals surface area contributed by atoms with Gasteiger partial charge in [0.05, 0.1) is 18.5 Å². The lowest BCUT2D eigenvalue weighted by Crippen LogP contribution is -2.24. The van der Waals surface area contributed by atoms with Gasteiger partial charge in [-0.15, -0.1) is 0 Å². The molecule has 0 radical (unpaired) electrons. The van der Waals surface area contributed by atoms with Crippen molar-refractivity contribution in [2.45, 2.75) is 32.7 Å². The molecule has 2 N–H and O–H groups in total. The Bertz CT molecular complexity index is 1150. The van der Waals surface area contributed by atoms with Gasteiger partial charge in [0.1, 0.15) is 11.4 Å². The van der Waals surface area contributed by atoms with Crippen LogP contribution in [0.4, 0.5) is 5.69 Å². The van der Waals surface area contributed by atoms with Crippen molar-refractivity contribution in [1.82, 2.24) is 14.7 Å². The fourth-order valence-electron chi connectivity index (χ4n) is 3.40. The largest absolute Gasteiger partial charge is 0.497 e. The zero-order chi connectivity index (χ0) is 23.1. The number of rotatable bonds is 9. The first kappa shape index (κ1) is 22.9. The maximum Gasteiger partial charge on any atom is 0.295 e. The summed E-state index contributed by atoms with van der Waals surface area (Å²) in [4.78, 5) is 37.3. The van der Waals surface area contributed by atoms with E-state index in [1.165, 1.54) is 4.68 Å². The van der Waals surface area contributed by atoms with Gasteiger partial charge in [0.15, 0.2) is 0 Å². The van der Waals surface area contributed by atoms with Gasteiger partial charge in [0.2, 0.25) is 11.8 Å². The second-order valence-corrected chi connectivity index (χ2v) is 7.47. The van der Waals surface area contributed by atoms with Crippen LogP contribution in [0.15, 0.2) is 59.4 Å². The minimum absolute atomic E-state index is 0.136. The lowest BCUT2D eigenvalue weighted by atomic mass is 10.2. The molecule has 0 saturated carbocycles. The molecule has 0 saturated heterocycles. The second kappa shape index (κ2) is 10.5. The van der Waals surface area contributed by atoms with E-state index >= 15 is 0 Å². The van der Waals surface area contributed by atoms with Gasteiger partial charge in [0.25, 0.3) is 5.56 Å². The molecule has 3 aromatic rings. The Morgan fingerprint density at radius 1 is 1.00 bits per heavy atom. The third kappa shape index (κ3) is 5.46.